The summed E-state index contributed by atoms with van der Waals surface area (Å²) in [6.45, 7) is 5.14. The Kier molecular flexibility index (Phi) is 4.12. The Labute approximate surface area is 128 Å². The predicted molar refractivity (Wildman–Crippen MR) is 80.4 cm³/mol. The minimum atomic E-state index is -0.0894. The summed E-state index contributed by atoms with van der Waals surface area (Å²) in [5, 5.41) is 9.23. The first-order valence-corrected chi connectivity index (χ1v) is 7.49. The predicted octanol–water partition coefficient (Wildman–Crippen LogP) is 0.593. The zero-order valence-corrected chi connectivity index (χ0v) is 12.8. The summed E-state index contributed by atoms with van der Waals surface area (Å²) >= 11 is 0. The Morgan fingerprint density at radius 3 is 3.00 bits per heavy atom. The van der Waals surface area contributed by atoms with Gasteiger partial charge in [0, 0.05) is 0 Å². The molecular weight excluding hydrogens is 286 g/mol. The number of ether oxygens (including phenoxy) is 2. The molecule has 0 spiro atoms. The van der Waals surface area contributed by atoms with Gasteiger partial charge in [0.05, 0.1) is 38.3 Å². The van der Waals surface area contributed by atoms with E-state index in [1.165, 1.54) is 0 Å². The maximum atomic E-state index is 9.23. The van der Waals surface area contributed by atoms with E-state index in [4.69, 9.17) is 15.2 Å². The molecule has 1 aliphatic rings. The molecule has 0 bridgehead atoms. The zero-order valence-electron chi connectivity index (χ0n) is 12.8. The number of nitrogens with zero attached hydrogens (tertiary/aromatic N) is 4. The third-order valence-corrected chi connectivity index (χ3v) is 3.95. The highest BCUT2D eigenvalue weighted by Gasteiger charge is 2.32. The number of nitrogen functional groups attached to an aromatic ring is 1. The number of rotatable bonds is 5. The van der Waals surface area contributed by atoms with E-state index in [0.29, 0.717) is 36.1 Å². The number of anilines is 1. The lowest BCUT2D eigenvalue weighted by atomic mass is 10.0. The van der Waals surface area contributed by atoms with E-state index in [1.54, 1.807) is 6.33 Å². The second-order valence-electron chi connectivity index (χ2n) is 5.58. The van der Waals surface area contributed by atoms with Gasteiger partial charge in [-0.15, -0.1) is 0 Å². The molecule has 8 nitrogen and oxygen atoms in total. The van der Waals surface area contributed by atoms with Gasteiger partial charge in [0.2, 0.25) is 11.8 Å². The zero-order chi connectivity index (χ0) is 15.7. The van der Waals surface area contributed by atoms with Crippen molar-refractivity contribution in [3.63, 3.8) is 0 Å². The monoisotopic (exact) mass is 307 g/mol. The Morgan fingerprint density at radius 2 is 2.32 bits per heavy atom. The van der Waals surface area contributed by atoms with Crippen molar-refractivity contribution in [2.75, 3.05) is 18.9 Å². The molecule has 120 valence electrons. The number of aliphatic hydroxyl groups excluding tert-OH is 1. The lowest BCUT2D eigenvalue weighted by Crippen LogP contribution is -2.22. The maximum absolute atomic E-state index is 9.23. The van der Waals surface area contributed by atoms with Crippen LogP contribution in [-0.4, -0.2) is 50.0 Å². The molecule has 2 aromatic rings. The van der Waals surface area contributed by atoms with Gasteiger partial charge in [-0.05, 0) is 19.3 Å². The van der Waals surface area contributed by atoms with Gasteiger partial charge in [0.1, 0.15) is 0 Å². The van der Waals surface area contributed by atoms with Crippen LogP contribution in [0, 0.1) is 5.92 Å². The standard InChI is InChI=1S/C14H21N5O3/c1-3-21-13-11-12(17-14(15)18-13)19(7-16-11)5-10-8(2)4-9(6-20)22-10/h7-10,20H,3-6H2,1-2H3,(H2,15,17,18)/t8-,9-,10-/m0/s1. The van der Waals surface area contributed by atoms with Crippen LogP contribution in [0.4, 0.5) is 5.95 Å². The van der Waals surface area contributed by atoms with E-state index >= 15 is 0 Å². The van der Waals surface area contributed by atoms with E-state index in [2.05, 4.69) is 21.9 Å². The number of hydrogen-bond acceptors (Lipinski definition) is 7. The first kappa shape index (κ1) is 15.0. The molecule has 8 heteroatoms. The van der Waals surface area contributed by atoms with Crippen molar-refractivity contribution in [1.29, 1.82) is 0 Å². The molecule has 3 N–H and O–H groups in total. The van der Waals surface area contributed by atoms with Gasteiger partial charge in [-0.1, -0.05) is 6.92 Å². The third-order valence-electron chi connectivity index (χ3n) is 3.95. The minimum absolute atomic E-state index is 0.0151. The van der Waals surface area contributed by atoms with Gasteiger partial charge in [-0.2, -0.15) is 9.97 Å². The summed E-state index contributed by atoms with van der Waals surface area (Å²) in [4.78, 5) is 12.7. The molecule has 3 heterocycles. The first-order valence-electron chi connectivity index (χ1n) is 7.49. The smallest absolute Gasteiger partial charge is 0.247 e. The largest absolute Gasteiger partial charge is 0.476 e. The quantitative estimate of drug-likeness (QED) is 0.832. The average molecular weight is 307 g/mol. The van der Waals surface area contributed by atoms with Crippen LogP contribution < -0.4 is 10.5 Å². The van der Waals surface area contributed by atoms with Gasteiger partial charge in [-0.3, -0.25) is 0 Å². The van der Waals surface area contributed by atoms with E-state index in [-0.39, 0.29) is 24.8 Å². The number of imidazole rings is 1. The van der Waals surface area contributed by atoms with Crippen molar-refractivity contribution in [3.8, 4) is 5.88 Å². The fraction of sp³-hybridized carbons (Fsp3) is 0.643. The minimum Gasteiger partial charge on any atom is -0.476 e. The molecule has 3 atom stereocenters. The fourth-order valence-electron chi connectivity index (χ4n) is 2.84. The van der Waals surface area contributed by atoms with Crippen LogP contribution in [0.5, 0.6) is 5.88 Å². The summed E-state index contributed by atoms with van der Waals surface area (Å²) in [6, 6.07) is 0. The average Bonchev–Trinajstić information content (AvgIpc) is 3.04. The first-order chi connectivity index (χ1) is 10.6. The van der Waals surface area contributed by atoms with Gasteiger partial charge >= 0.3 is 0 Å². The van der Waals surface area contributed by atoms with E-state index in [9.17, 15) is 5.11 Å². The Morgan fingerprint density at radius 1 is 1.50 bits per heavy atom. The molecule has 22 heavy (non-hydrogen) atoms. The summed E-state index contributed by atoms with van der Waals surface area (Å²) in [7, 11) is 0. The Balaban J connectivity index is 1.89. The number of aromatic nitrogens is 4. The molecule has 1 fully saturated rings. The van der Waals surface area contributed by atoms with Crippen molar-refractivity contribution in [3.05, 3.63) is 6.33 Å². The summed E-state index contributed by atoms with van der Waals surface area (Å²) in [6.07, 6.45) is 2.48. The van der Waals surface area contributed by atoms with Crippen molar-refractivity contribution in [2.24, 2.45) is 5.92 Å². The van der Waals surface area contributed by atoms with Crippen LogP contribution in [0.25, 0.3) is 11.2 Å². The summed E-state index contributed by atoms with van der Waals surface area (Å²) in [5.74, 6) is 0.920. The molecule has 0 aliphatic carbocycles. The third kappa shape index (κ3) is 2.71. The van der Waals surface area contributed by atoms with Crippen LogP contribution in [0.15, 0.2) is 6.33 Å². The molecule has 1 aliphatic heterocycles. The molecule has 2 aromatic heterocycles. The van der Waals surface area contributed by atoms with Crippen LogP contribution in [0.3, 0.4) is 0 Å². The van der Waals surface area contributed by atoms with Gasteiger partial charge in [0.15, 0.2) is 11.2 Å². The molecule has 3 rings (SSSR count). The van der Waals surface area contributed by atoms with Crippen LogP contribution in [-0.2, 0) is 11.3 Å². The SMILES string of the molecule is CCOc1nc(N)nc2c1ncn2C[C@@H]1O[C@H](CO)C[C@@H]1C. The van der Waals surface area contributed by atoms with Crippen LogP contribution in [0.2, 0.25) is 0 Å². The second kappa shape index (κ2) is 6.05. The van der Waals surface area contributed by atoms with E-state index in [1.807, 2.05) is 11.5 Å². The highest BCUT2D eigenvalue weighted by molar-refractivity contribution is 5.77. The van der Waals surface area contributed by atoms with Crippen molar-refractivity contribution >= 4 is 17.1 Å². The molecule has 0 aromatic carbocycles. The molecule has 1 saturated heterocycles. The van der Waals surface area contributed by atoms with Gasteiger partial charge < -0.3 is 24.9 Å². The van der Waals surface area contributed by atoms with Crippen molar-refractivity contribution in [2.45, 2.75) is 39.0 Å². The van der Waals surface area contributed by atoms with Gasteiger partial charge in [0.25, 0.3) is 0 Å². The lowest BCUT2D eigenvalue weighted by Gasteiger charge is -2.16. The van der Waals surface area contributed by atoms with Crippen LogP contribution in [0.1, 0.15) is 20.3 Å². The molecule has 0 saturated carbocycles. The molecule has 0 unspecified atom stereocenters. The molecule has 0 radical (unpaired) electrons. The van der Waals surface area contributed by atoms with E-state index < -0.39 is 0 Å². The van der Waals surface area contributed by atoms with Gasteiger partial charge in [-0.25, -0.2) is 4.98 Å². The van der Waals surface area contributed by atoms with Crippen molar-refractivity contribution < 1.29 is 14.6 Å². The summed E-state index contributed by atoms with van der Waals surface area (Å²) < 4.78 is 13.2. The lowest BCUT2D eigenvalue weighted by molar-refractivity contribution is -0.000778. The maximum Gasteiger partial charge on any atom is 0.247 e. The van der Waals surface area contributed by atoms with Crippen molar-refractivity contribution in [1.82, 2.24) is 19.5 Å². The fourth-order valence-corrected chi connectivity index (χ4v) is 2.84. The number of nitrogens with two attached hydrogens (primary N) is 1. The second-order valence-corrected chi connectivity index (χ2v) is 5.58. The summed E-state index contributed by atoms with van der Waals surface area (Å²) in [5.41, 5.74) is 6.99. The van der Waals surface area contributed by atoms with E-state index in [0.717, 1.165) is 6.42 Å². The molecule has 0 amide bonds. The Bertz CT molecular complexity index is 659. The topological polar surface area (TPSA) is 108 Å². The van der Waals surface area contributed by atoms with Crippen LogP contribution >= 0.6 is 0 Å². The molecular formula is C14H21N5O3. The highest BCUT2D eigenvalue weighted by Crippen LogP contribution is 2.29. The number of fused-ring (bicyclic) bond motifs is 1. The number of aliphatic hydroxyl groups is 1. The normalized spacial score (nSPS) is 25.0. The highest BCUT2D eigenvalue weighted by atomic mass is 16.5. The number of hydrogen-bond donors (Lipinski definition) is 2. The Hall–Kier alpha value is -1.93.